The first-order chi connectivity index (χ1) is 11.7. The lowest BCUT2D eigenvalue weighted by molar-refractivity contribution is -0.141. The van der Waals surface area contributed by atoms with Gasteiger partial charge in [-0.05, 0) is 31.4 Å². The third-order valence-electron chi connectivity index (χ3n) is 3.48. The van der Waals surface area contributed by atoms with E-state index in [0.29, 0.717) is 6.42 Å². The fourth-order valence-corrected chi connectivity index (χ4v) is 2.92. The van der Waals surface area contributed by atoms with Crippen molar-refractivity contribution in [1.29, 1.82) is 0 Å². The van der Waals surface area contributed by atoms with Crippen molar-refractivity contribution in [2.45, 2.75) is 63.4 Å². The summed E-state index contributed by atoms with van der Waals surface area (Å²) in [5.41, 5.74) is 0. The van der Waals surface area contributed by atoms with Crippen LogP contribution in [-0.4, -0.2) is 31.0 Å². The van der Waals surface area contributed by atoms with Crippen LogP contribution in [0.25, 0.3) is 0 Å². The van der Waals surface area contributed by atoms with E-state index in [4.69, 9.17) is 9.29 Å². The molecule has 2 rings (SSSR count). The summed E-state index contributed by atoms with van der Waals surface area (Å²) in [7, 11) is -4.36. The molecule has 0 aromatic heterocycles. The van der Waals surface area contributed by atoms with Crippen LogP contribution in [0.1, 0.15) is 52.4 Å². The van der Waals surface area contributed by atoms with E-state index in [1.165, 1.54) is 37.5 Å². The van der Waals surface area contributed by atoms with Gasteiger partial charge in [0.25, 0.3) is 10.1 Å². The van der Waals surface area contributed by atoms with Crippen molar-refractivity contribution in [1.82, 2.24) is 0 Å². The van der Waals surface area contributed by atoms with Gasteiger partial charge < -0.3 is 9.47 Å². The number of cyclic esters (lactones) is 1. The molecule has 1 atom stereocenters. The van der Waals surface area contributed by atoms with Gasteiger partial charge in [0.05, 0.1) is 0 Å². The van der Waals surface area contributed by atoms with Gasteiger partial charge in [0.1, 0.15) is 11.0 Å². The van der Waals surface area contributed by atoms with Gasteiger partial charge in [0, 0.05) is 13.3 Å². The van der Waals surface area contributed by atoms with Crippen molar-refractivity contribution in [2.75, 3.05) is 0 Å². The van der Waals surface area contributed by atoms with Gasteiger partial charge in [0.15, 0.2) is 5.75 Å². The number of carbonyl (C=O) groups is 2. The first-order valence-electron chi connectivity index (χ1n) is 8.18. The quantitative estimate of drug-likeness (QED) is 0.354. The van der Waals surface area contributed by atoms with Crippen LogP contribution in [-0.2, 0) is 24.4 Å². The van der Waals surface area contributed by atoms with Gasteiger partial charge in [-0.25, -0.2) is 0 Å². The highest BCUT2D eigenvalue weighted by molar-refractivity contribution is 7.86. The summed E-state index contributed by atoms with van der Waals surface area (Å²) < 4.78 is 40.0. The van der Waals surface area contributed by atoms with Crippen LogP contribution < -0.4 is 4.74 Å². The maximum atomic E-state index is 10.8. The Balaban J connectivity index is 0.000000257. The van der Waals surface area contributed by atoms with E-state index in [-0.39, 0.29) is 17.8 Å². The molecule has 25 heavy (non-hydrogen) atoms. The fourth-order valence-electron chi connectivity index (χ4n) is 2.31. The highest BCUT2D eigenvalue weighted by Crippen LogP contribution is 2.22. The normalized spacial score (nSPS) is 16.6. The summed E-state index contributed by atoms with van der Waals surface area (Å²) >= 11 is 0. The summed E-state index contributed by atoms with van der Waals surface area (Å²) in [4.78, 5) is 20.8. The summed E-state index contributed by atoms with van der Waals surface area (Å²) in [5.74, 6) is -0.838. The van der Waals surface area contributed by atoms with E-state index >= 15 is 0 Å². The molecule has 1 aromatic rings. The average molecular weight is 372 g/mol. The molecule has 1 aliphatic rings. The van der Waals surface area contributed by atoms with Gasteiger partial charge in [-0.2, -0.15) is 8.42 Å². The summed E-state index contributed by atoms with van der Waals surface area (Å²) in [5, 5.41) is 0. The first kappa shape index (κ1) is 21.1. The predicted molar refractivity (Wildman–Crippen MR) is 90.8 cm³/mol. The number of benzene rings is 1. The van der Waals surface area contributed by atoms with Crippen LogP contribution in [0.2, 0.25) is 0 Å². The molecule has 1 aromatic carbocycles. The number of para-hydroxylation sites is 1. The summed E-state index contributed by atoms with van der Waals surface area (Å²) in [6.45, 7) is 3.32. The molecule has 140 valence electrons. The van der Waals surface area contributed by atoms with Crippen LogP contribution in [0.4, 0.5) is 0 Å². The zero-order chi connectivity index (χ0) is 18.9. The van der Waals surface area contributed by atoms with E-state index in [9.17, 15) is 18.0 Å². The topological polar surface area (TPSA) is 107 Å². The Morgan fingerprint density at radius 2 is 2.00 bits per heavy atom. The highest BCUT2D eigenvalue weighted by Gasteiger charge is 2.22. The Bertz CT molecular complexity index is 682. The lowest BCUT2D eigenvalue weighted by Gasteiger charge is -2.06. The Kier molecular flexibility index (Phi) is 8.57. The maximum absolute atomic E-state index is 10.8. The molecule has 0 saturated carbocycles. The average Bonchev–Trinajstić information content (AvgIpc) is 2.93. The standard InChI is InChI=1S/C9H16O2.C8H8O5S/c1-2-3-4-5-8-6-7-9(10)11-8;1-6(9)13-7-4-2-3-5-8(7)14(10,11)12/h8H,2-7H2,1H3;2-5H,1H3,(H,10,11,12). The minimum atomic E-state index is -4.36. The minimum absolute atomic E-state index is 0.00787. The number of unbranched alkanes of at least 4 members (excludes halogenated alkanes) is 2. The Hall–Kier alpha value is -1.93. The monoisotopic (exact) mass is 372 g/mol. The summed E-state index contributed by atoms with van der Waals surface area (Å²) in [6, 6.07) is 5.33. The zero-order valence-corrected chi connectivity index (χ0v) is 15.3. The van der Waals surface area contributed by atoms with E-state index in [1.54, 1.807) is 0 Å². The third-order valence-corrected chi connectivity index (χ3v) is 4.37. The van der Waals surface area contributed by atoms with Gasteiger partial charge >= 0.3 is 11.9 Å². The molecule has 0 aliphatic carbocycles. The predicted octanol–water partition coefficient (Wildman–Crippen LogP) is 3.13. The molecule has 1 saturated heterocycles. The lowest BCUT2D eigenvalue weighted by Crippen LogP contribution is -2.07. The van der Waals surface area contributed by atoms with Crippen molar-refractivity contribution < 1.29 is 32.0 Å². The molecule has 0 amide bonds. The van der Waals surface area contributed by atoms with Crippen LogP contribution in [0.15, 0.2) is 29.2 Å². The van der Waals surface area contributed by atoms with Crippen molar-refractivity contribution in [3.63, 3.8) is 0 Å². The minimum Gasteiger partial charge on any atom is -0.462 e. The number of ether oxygens (including phenoxy) is 2. The molecule has 1 heterocycles. The maximum Gasteiger partial charge on any atom is 0.308 e. The molecule has 8 heteroatoms. The van der Waals surface area contributed by atoms with E-state index < -0.39 is 21.0 Å². The van der Waals surface area contributed by atoms with Crippen molar-refractivity contribution in [2.24, 2.45) is 0 Å². The molecule has 1 unspecified atom stereocenters. The second-order valence-corrected chi connectivity index (χ2v) is 7.05. The first-order valence-corrected chi connectivity index (χ1v) is 9.62. The largest absolute Gasteiger partial charge is 0.462 e. The molecule has 7 nitrogen and oxygen atoms in total. The van der Waals surface area contributed by atoms with Crippen molar-refractivity contribution in [3.8, 4) is 5.75 Å². The Labute approximate surface area is 148 Å². The van der Waals surface area contributed by atoms with Crippen molar-refractivity contribution >= 4 is 22.1 Å². The van der Waals surface area contributed by atoms with Crippen LogP contribution >= 0.6 is 0 Å². The van der Waals surface area contributed by atoms with Crippen LogP contribution in [0.3, 0.4) is 0 Å². The van der Waals surface area contributed by atoms with E-state index in [2.05, 4.69) is 11.7 Å². The third kappa shape index (κ3) is 8.13. The van der Waals surface area contributed by atoms with Gasteiger partial charge in [-0.3, -0.25) is 14.1 Å². The highest BCUT2D eigenvalue weighted by atomic mass is 32.2. The van der Waals surface area contributed by atoms with Crippen LogP contribution in [0.5, 0.6) is 5.75 Å². The number of carbonyl (C=O) groups excluding carboxylic acids is 2. The molecule has 1 aliphatic heterocycles. The van der Waals surface area contributed by atoms with E-state index in [0.717, 1.165) is 25.8 Å². The Morgan fingerprint density at radius 3 is 2.52 bits per heavy atom. The van der Waals surface area contributed by atoms with Gasteiger partial charge in [-0.1, -0.05) is 31.9 Å². The molecule has 0 bridgehead atoms. The molecular weight excluding hydrogens is 348 g/mol. The molecule has 0 spiro atoms. The second-order valence-electron chi connectivity index (χ2n) is 5.66. The van der Waals surface area contributed by atoms with E-state index in [1.807, 2.05) is 0 Å². The van der Waals surface area contributed by atoms with Gasteiger partial charge in [-0.15, -0.1) is 0 Å². The van der Waals surface area contributed by atoms with Crippen LogP contribution in [0, 0.1) is 0 Å². The number of hydrogen-bond donors (Lipinski definition) is 1. The Morgan fingerprint density at radius 1 is 1.32 bits per heavy atom. The van der Waals surface area contributed by atoms with Crippen molar-refractivity contribution in [3.05, 3.63) is 24.3 Å². The molecular formula is C17H24O7S. The molecule has 1 fully saturated rings. The molecule has 0 radical (unpaired) electrons. The number of hydrogen-bond acceptors (Lipinski definition) is 6. The SMILES string of the molecule is CC(=O)Oc1ccccc1S(=O)(=O)O.CCCCCC1CCC(=O)O1. The summed E-state index contributed by atoms with van der Waals surface area (Å²) in [6.07, 6.45) is 6.59. The zero-order valence-electron chi connectivity index (χ0n) is 14.4. The smallest absolute Gasteiger partial charge is 0.308 e. The second kappa shape index (κ2) is 10.1. The number of esters is 2. The number of rotatable bonds is 6. The molecule has 1 N–H and O–H groups in total. The lowest BCUT2D eigenvalue weighted by atomic mass is 10.1. The van der Waals surface area contributed by atoms with Gasteiger partial charge in [0.2, 0.25) is 0 Å². The fraction of sp³-hybridized carbons (Fsp3) is 0.529.